The topological polar surface area (TPSA) is 79.8 Å². The summed E-state index contributed by atoms with van der Waals surface area (Å²) in [6.45, 7) is 0. The van der Waals surface area contributed by atoms with Gasteiger partial charge in [-0.25, -0.2) is 18.1 Å². The third-order valence-corrected chi connectivity index (χ3v) is 3.17. The lowest BCUT2D eigenvalue weighted by atomic mass is 10.7. The van der Waals surface area contributed by atoms with Gasteiger partial charge in [0, 0.05) is 31.8 Å². The van der Waals surface area contributed by atoms with Crippen molar-refractivity contribution >= 4 is 16.0 Å². The average molecular weight is 226 g/mol. The molecule has 80 valence electrons. The molecule has 0 bridgehead atoms. The number of aromatic nitrogens is 3. The van der Waals surface area contributed by atoms with E-state index in [1.807, 2.05) is 0 Å². The van der Waals surface area contributed by atoms with Gasteiger partial charge in [0.2, 0.25) is 5.95 Å². The van der Waals surface area contributed by atoms with Gasteiger partial charge >= 0.3 is 0 Å². The monoisotopic (exact) mass is 226 g/mol. The molecule has 0 spiro atoms. The minimum atomic E-state index is -3.53. The number of nitrogens with one attached hydrogen (secondary N) is 2. The third kappa shape index (κ3) is 2.01. The maximum absolute atomic E-state index is 11.7. The van der Waals surface area contributed by atoms with Gasteiger partial charge in [-0.05, 0) is 6.07 Å². The lowest BCUT2D eigenvalue weighted by molar-refractivity contribution is 0.600. The molecule has 0 aromatic carbocycles. The number of rotatable bonds is 3. The molecule has 0 fully saturated rings. The molecule has 2 heterocycles. The quantitative estimate of drug-likeness (QED) is 0.802. The van der Waals surface area contributed by atoms with Crippen molar-refractivity contribution in [2.24, 2.45) is 7.05 Å². The average Bonchev–Trinajstić information content (AvgIpc) is 2.75. The number of imidazole rings is 1. The number of aryl methyl sites for hydroxylation is 1. The van der Waals surface area contributed by atoms with Gasteiger partial charge < -0.3 is 9.55 Å². The van der Waals surface area contributed by atoms with E-state index in [4.69, 9.17) is 0 Å². The van der Waals surface area contributed by atoms with Crippen LogP contribution in [0.3, 0.4) is 0 Å². The molecular weight excluding hydrogens is 216 g/mol. The fraction of sp³-hybridized carbons (Fsp3) is 0.125. The summed E-state index contributed by atoms with van der Waals surface area (Å²) in [6.07, 6.45) is 6.20. The molecule has 2 N–H and O–H groups in total. The Hall–Kier alpha value is -1.76. The van der Waals surface area contributed by atoms with Crippen LogP contribution in [0.1, 0.15) is 0 Å². The van der Waals surface area contributed by atoms with Crippen LogP contribution in [0.4, 0.5) is 5.95 Å². The Morgan fingerprint density at radius 1 is 1.53 bits per heavy atom. The second-order valence-corrected chi connectivity index (χ2v) is 4.74. The van der Waals surface area contributed by atoms with Crippen molar-refractivity contribution in [1.82, 2.24) is 14.5 Å². The molecule has 7 heteroatoms. The van der Waals surface area contributed by atoms with E-state index in [-0.39, 0.29) is 10.8 Å². The molecular formula is C8H10N4O2S. The zero-order valence-electron chi connectivity index (χ0n) is 8.01. The van der Waals surface area contributed by atoms with Crippen molar-refractivity contribution in [1.29, 1.82) is 0 Å². The second kappa shape index (κ2) is 3.43. The van der Waals surface area contributed by atoms with E-state index < -0.39 is 10.0 Å². The first kappa shape index (κ1) is 9.78. The fourth-order valence-electron chi connectivity index (χ4n) is 1.14. The Morgan fingerprint density at radius 2 is 2.33 bits per heavy atom. The summed E-state index contributed by atoms with van der Waals surface area (Å²) in [5.74, 6) is 0.207. The zero-order chi connectivity index (χ0) is 10.9. The molecule has 15 heavy (non-hydrogen) atoms. The first-order chi connectivity index (χ1) is 7.08. The van der Waals surface area contributed by atoms with Crippen molar-refractivity contribution in [3.63, 3.8) is 0 Å². The first-order valence-electron chi connectivity index (χ1n) is 4.22. The third-order valence-electron chi connectivity index (χ3n) is 1.84. The van der Waals surface area contributed by atoms with E-state index in [9.17, 15) is 8.42 Å². The highest BCUT2D eigenvalue weighted by molar-refractivity contribution is 7.92. The molecule has 0 amide bonds. The van der Waals surface area contributed by atoms with E-state index in [0.29, 0.717) is 0 Å². The standard InChI is InChI=1S/C8H10N4O2S/c1-12-5-2-7(6-12)15(13,14)11-8-9-3-4-10-8/h2-6H,1H3,(H2,9,10,11). The van der Waals surface area contributed by atoms with Gasteiger partial charge in [-0.15, -0.1) is 0 Å². The Morgan fingerprint density at radius 3 is 2.87 bits per heavy atom. The number of aromatic amines is 1. The molecule has 0 radical (unpaired) electrons. The van der Waals surface area contributed by atoms with Crippen LogP contribution in [0.5, 0.6) is 0 Å². The molecule has 2 aromatic rings. The summed E-state index contributed by atoms with van der Waals surface area (Å²) in [5.41, 5.74) is 0. The molecule has 0 unspecified atom stereocenters. The minimum absolute atomic E-state index is 0.207. The molecule has 6 nitrogen and oxygen atoms in total. The van der Waals surface area contributed by atoms with Crippen LogP contribution in [0.15, 0.2) is 35.7 Å². The van der Waals surface area contributed by atoms with Gasteiger partial charge in [-0.2, -0.15) is 0 Å². The molecule has 0 aliphatic rings. The predicted octanol–water partition coefficient (Wildman–Crippen LogP) is 0.549. The number of nitrogens with zero attached hydrogens (tertiary/aromatic N) is 2. The number of sulfonamides is 1. The predicted molar refractivity (Wildman–Crippen MR) is 54.8 cm³/mol. The largest absolute Gasteiger partial charge is 0.356 e. The van der Waals surface area contributed by atoms with Gasteiger partial charge in [0.15, 0.2) is 0 Å². The van der Waals surface area contributed by atoms with Gasteiger partial charge in [0.25, 0.3) is 10.0 Å². The summed E-state index contributed by atoms with van der Waals surface area (Å²) < 4.78 is 27.4. The van der Waals surface area contributed by atoms with Crippen molar-refractivity contribution in [2.45, 2.75) is 4.90 Å². The molecule has 0 aliphatic carbocycles. The van der Waals surface area contributed by atoms with Crippen molar-refractivity contribution in [2.75, 3.05) is 4.72 Å². The van der Waals surface area contributed by atoms with Gasteiger partial charge in [-0.1, -0.05) is 0 Å². The molecule has 2 rings (SSSR count). The first-order valence-corrected chi connectivity index (χ1v) is 5.70. The van der Waals surface area contributed by atoms with Crippen LogP contribution < -0.4 is 4.72 Å². The minimum Gasteiger partial charge on any atom is -0.356 e. The zero-order valence-corrected chi connectivity index (χ0v) is 8.82. The van der Waals surface area contributed by atoms with Crippen LogP contribution in [0.25, 0.3) is 0 Å². The number of hydrogen-bond donors (Lipinski definition) is 2. The summed E-state index contributed by atoms with van der Waals surface area (Å²) in [6, 6.07) is 1.52. The van der Waals surface area contributed by atoms with Crippen LogP contribution in [0.2, 0.25) is 0 Å². The Labute approximate surface area is 87.0 Å². The Bertz CT molecular complexity index is 541. The molecule has 0 aliphatic heterocycles. The molecule has 2 aromatic heterocycles. The number of hydrogen-bond acceptors (Lipinski definition) is 3. The number of anilines is 1. The summed E-state index contributed by atoms with van der Waals surface area (Å²) in [7, 11) is -1.77. The van der Waals surface area contributed by atoms with Gasteiger partial charge in [-0.3, -0.25) is 0 Å². The van der Waals surface area contributed by atoms with E-state index in [1.54, 1.807) is 24.0 Å². The van der Waals surface area contributed by atoms with E-state index >= 15 is 0 Å². The van der Waals surface area contributed by atoms with E-state index in [1.165, 1.54) is 18.5 Å². The summed E-state index contributed by atoms with van der Waals surface area (Å²) >= 11 is 0. The molecule has 0 saturated carbocycles. The SMILES string of the molecule is Cn1ccc(S(=O)(=O)Nc2ncc[nH]2)c1. The van der Waals surface area contributed by atoms with Crippen LogP contribution in [-0.4, -0.2) is 23.0 Å². The second-order valence-electron chi connectivity index (χ2n) is 3.06. The van der Waals surface area contributed by atoms with E-state index in [2.05, 4.69) is 14.7 Å². The highest BCUT2D eigenvalue weighted by Gasteiger charge is 2.15. The maximum atomic E-state index is 11.7. The smallest absolute Gasteiger partial charge is 0.265 e. The summed E-state index contributed by atoms with van der Waals surface area (Å²) in [4.78, 5) is 6.65. The van der Waals surface area contributed by atoms with Crippen molar-refractivity contribution in [3.05, 3.63) is 30.9 Å². The van der Waals surface area contributed by atoms with Crippen LogP contribution >= 0.6 is 0 Å². The van der Waals surface area contributed by atoms with E-state index in [0.717, 1.165) is 0 Å². The lowest BCUT2D eigenvalue weighted by Gasteiger charge is -2.01. The lowest BCUT2D eigenvalue weighted by Crippen LogP contribution is -2.13. The number of H-pyrrole nitrogens is 1. The van der Waals surface area contributed by atoms with Crippen LogP contribution in [-0.2, 0) is 17.1 Å². The van der Waals surface area contributed by atoms with Crippen molar-refractivity contribution < 1.29 is 8.42 Å². The van der Waals surface area contributed by atoms with Gasteiger partial charge in [0.1, 0.15) is 4.90 Å². The Balaban J connectivity index is 2.28. The highest BCUT2D eigenvalue weighted by Crippen LogP contribution is 2.12. The van der Waals surface area contributed by atoms with Crippen molar-refractivity contribution in [3.8, 4) is 0 Å². The normalized spacial score (nSPS) is 11.5. The maximum Gasteiger partial charge on any atom is 0.265 e. The van der Waals surface area contributed by atoms with Gasteiger partial charge in [0.05, 0.1) is 0 Å². The highest BCUT2D eigenvalue weighted by atomic mass is 32.2. The molecule has 0 saturated heterocycles. The summed E-state index contributed by atoms with van der Waals surface area (Å²) in [5, 5.41) is 0. The molecule has 0 atom stereocenters. The fourth-order valence-corrected chi connectivity index (χ4v) is 2.17. The Kier molecular flexibility index (Phi) is 2.24. The van der Waals surface area contributed by atoms with Crippen LogP contribution in [0, 0.1) is 0 Å².